The molecule has 0 aromatic heterocycles. The van der Waals surface area contributed by atoms with Crippen LogP contribution in [0, 0.1) is 20.8 Å². The van der Waals surface area contributed by atoms with Crippen molar-refractivity contribution in [1.82, 2.24) is 4.90 Å². The second-order valence-electron chi connectivity index (χ2n) is 15.1. The zero-order chi connectivity index (χ0) is 33.6. The zero-order valence-electron chi connectivity index (χ0n) is 29.9. The van der Waals surface area contributed by atoms with Crippen molar-refractivity contribution >= 4 is 11.7 Å². The minimum absolute atomic E-state index is 0.0255. The Balaban J connectivity index is 1.59. The molecule has 1 fully saturated rings. The molecule has 0 heterocycles. The number of hydrogen-bond donors (Lipinski definition) is 1. The molecule has 0 bridgehead atoms. The molecule has 0 aliphatic heterocycles. The summed E-state index contributed by atoms with van der Waals surface area (Å²) in [7, 11) is 1.64. The summed E-state index contributed by atoms with van der Waals surface area (Å²) in [6.45, 7) is 20.1. The molecule has 1 aliphatic rings. The van der Waals surface area contributed by atoms with E-state index in [1.807, 2.05) is 12.1 Å². The van der Waals surface area contributed by atoms with Gasteiger partial charge in [-0.05, 0) is 85.4 Å². The molecule has 3 aromatic rings. The first-order valence-electron chi connectivity index (χ1n) is 16.9. The monoisotopic (exact) mass is 628 g/mol. The van der Waals surface area contributed by atoms with Crippen LogP contribution in [0.2, 0.25) is 0 Å². The van der Waals surface area contributed by atoms with Crippen molar-refractivity contribution in [3.05, 3.63) is 81.9 Å². The number of nitrogens with one attached hydrogen (secondary N) is 1. The van der Waals surface area contributed by atoms with Gasteiger partial charge in [0.25, 0.3) is 0 Å². The van der Waals surface area contributed by atoms with Gasteiger partial charge in [0, 0.05) is 36.5 Å². The number of hydrogen-bond acceptors (Lipinski definition) is 4. The lowest BCUT2D eigenvalue weighted by molar-refractivity contribution is 0.0484. The summed E-state index contributed by atoms with van der Waals surface area (Å²) in [6.07, 6.45) is 6.87. The van der Waals surface area contributed by atoms with Crippen LogP contribution < -0.4 is 14.8 Å². The predicted molar refractivity (Wildman–Crippen MR) is 190 cm³/mol. The number of carbonyl (C=O) groups excluding carboxylic acids is 1. The van der Waals surface area contributed by atoms with Crippen molar-refractivity contribution in [1.29, 1.82) is 0 Å². The van der Waals surface area contributed by atoms with Crippen LogP contribution in [-0.4, -0.2) is 30.9 Å². The summed E-state index contributed by atoms with van der Waals surface area (Å²) in [6, 6.07) is 16.8. The van der Waals surface area contributed by atoms with E-state index in [0.717, 1.165) is 76.4 Å². The molecular weight excluding hydrogens is 572 g/mol. The second kappa shape index (κ2) is 14.9. The lowest BCUT2D eigenvalue weighted by atomic mass is 9.79. The van der Waals surface area contributed by atoms with Gasteiger partial charge in [0.05, 0.1) is 0 Å². The van der Waals surface area contributed by atoms with Crippen LogP contribution in [-0.2, 0) is 22.1 Å². The average molecular weight is 629 g/mol. The van der Waals surface area contributed by atoms with Gasteiger partial charge < -0.3 is 24.4 Å². The molecule has 4 rings (SSSR count). The quantitative estimate of drug-likeness (QED) is 0.189. The van der Waals surface area contributed by atoms with E-state index in [2.05, 4.69) is 109 Å². The molecule has 3 aromatic carbocycles. The molecule has 6 nitrogen and oxygen atoms in total. The number of ether oxygens (including phenoxy) is 3. The summed E-state index contributed by atoms with van der Waals surface area (Å²) in [5.41, 5.74) is 7.22. The molecule has 6 heteroatoms. The summed E-state index contributed by atoms with van der Waals surface area (Å²) in [5.74, 6) is 2.39. The SMILES string of the molecule is COCOc1c(C(C)(C)C)cc(Oc2ccc(CN(C(=O)Nc3c(C)cc(C)cc3C)C3CCCCCC3)cc2)cc1C(C)(C)C. The summed E-state index contributed by atoms with van der Waals surface area (Å²) in [5, 5.41) is 3.28. The van der Waals surface area contributed by atoms with Gasteiger partial charge in [-0.2, -0.15) is 0 Å². The number of amides is 2. The van der Waals surface area contributed by atoms with Crippen LogP contribution in [0.5, 0.6) is 17.2 Å². The highest BCUT2D eigenvalue weighted by atomic mass is 16.7. The molecule has 46 heavy (non-hydrogen) atoms. The third-order valence-electron chi connectivity index (χ3n) is 8.95. The highest BCUT2D eigenvalue weighted by Gasteiger charge is 2.29. The van der Waals surface area contributed by atoms with Gasteiger partial charge >= 0.3 is 6.03 Å². The summed E-state index contributed by atoms with van der Waals surface area (Å²) in [4.78, 5) is 16.0. The third-order valence-corrected chi connectivity index (χ3v) is 8.95. The first-order chi connectivity index (χ1) is 21.7. The number of aryl methyl sites for hydroxylation is 3. The van der Waals surface area contributed by atoms with Crippen molar-refractivity contribution in [2.45, 2.75) is 124 Å². The first kappa shape index (κ1) is 35.3. The molecule has 2 amide bonds. The smallest absolute Gasteiger partial charge is 0.322 e. The maximum atomic E-state index is 13.9. The van der Waals surface area contributed by atoms with Crippen LogP contribution >= 0.6 is 0 Å². The van der Waals surface area contributed by atoms with Crippen molar-refractivity contribution in [2.75, 3.05) is 19.2 Å². The van der Waals surface area contributed by atoms with E-state index in [-0.39, 0.29) is 29.7 Å². The Labute approximate surface area is 277 Å². The Morgan fingerprint density at radius 2 is 1.35 bits per heavy atom. The lowest BCUT2D eigenvalue weighted by Crippen LogP contribution is -2.42. The maximum absolute atomic E-state index is 13.9. The molecule has 0 unspecified atom stereocenters. The molecule has 1 saturated carbocycles. The van der Waals surface area contributed by atoms with E-state index in [1.165, 1.54) is 18.4 Å². The van der Waals surface area contributed by atoms with E-state index in [1.54, 1.807) is 7.11 Å². The summed E-state index contributed by atoms with van der Waals surface area (Å²) < 4.78 is 17.9. The van der Waals surface area contributed by atoms with E-state index in [9.17, 15) is 4.79 Å². The van der Waals surface area contributed by atoms with Gasteiger partial charge in [0.15, 0.2) is 6.79 Å². The largest absolute Gasteiger partial charge is 0.467 e. The van der Waals surface area contributed by atoms with Crippen molar-refractivity contribution < 1.29 is 19.0 Å². The van der Waals surface area contributed by atoms with Crippen LogP contribution in [0.4, 0.5) is 10.5 Å². The molecule has 250 valence electrons. The Morgan fingerprint density at radius 1 is 0.804 bits per heavy atom. The Morgan fingerprint density at radius 3 is 1.85 bits per heavy atom. The van der Waals surface area contributed by atoms with Crippen molar-refractivity contribution in [3.8, 4) is 17.2 Å². The molecule has 1 aliphatic carbocycles. The van der Waals surface area contributed by atoms with Gasteiger partial charge in [0.2, 0.25) is 0 Å². The third kappa shape index (κ3) is 9.06. The van der Waals surface area contributed by atoms with Crippen molar-refractivity contribution in [2.24, 2.45) is 0 Å². The number of benzene rings is 3. The zero-order valence-corrected chi connectivity index (χ0v) is 29.9. The molecule has 0 saturated heterocycles. The van der Waals surface area contributed by atoms with E-state index < -0.39 is 0 Å². The fourth-order valence-corrected chi connectivity index (χ4v) is 6.54. The fourth-order valence-electron chi connectivity index (χ4n) is 6.54. The Kier molecular flexibility index (Phi) is 11.5. The highest BCUT2D eigenvalue weighted by molar-refractivity contribution is 5.91. The maximum Gasteiger partial charge on any atom is 0.322 e. The second-order valence-corrected chi connectivity index (χ2v) is 15.1. The predicted octanol–water partition coefficient (Wildman–Crippen LogP) is 10.7. The molecular formula is C40H56N2O4. The normalized spacial score (nSPS) is 14.5. The molecule has 0 atom stereocenters. The van der Waals surface area contributed by atoms with Crippen LogP contribution in [0.25, 0.3) is 0 Å². The van der Waals surface area contributed by atoms with E-state index in [0.29, 0.717) is 6.54 Å². The lowest BCUT2D eigenvalue weighted by Gasteiger charge is -2.32. The number of methoxy groups -OCH3 is 1. The average Bonchev–Trinajstić information content (AvgIpc) is 3.26. The minimum atomic E-state index is -0.163. The van der Waals surface area contributed by atoms with Crippen molar-refractivity contribution in [3.63, 3.8) is 0 Å². The van der Waals surface area contributed by atoms with E-state index >= 15 is 0 Å². The topological polar surface area (TPSA) is 60.0 Å². The van der Waals surface area contributed by atoms with Crippen LogP contribution in [0.15, 0.2) is 48.5 Å². The first-order valence-corrected chi connectivity index (χ1v) is 16.9. The Bertz CT molecular complexity index is 1410. The number of anilines is 1. The van der Waals surface area contributed by atoms with Gasteiger partial charge in [-0.25, -0.2) is 4.79 Å². The Hall–Kier alpha value is -3.51. The number of carbonyl (C=O) groups is 1. The standard InChI is InChI=1S/C40H56N2O4/c1-27-21-28(2)36(29(3)22-27)41-38(43)42(31-15-13-11-12-14-16-31)25-30-17-19-32(20-18-30)46-33-23-34(39(4,5)6)37(45-26-44-10)35(24-33)40(7,8)9/h17-24,31H,11-16,25-26H2,1-10H3,(H,41,43). The number of urea groups is 1. The highest BCUT2D eigenvalue weighted by Crippen LogP contribution is 2.43. The number of nitrogens with zero attached hydrogens (tertiary/aromatic N) is 1. The fraction of sp³-hybridized carbons (Fsp3) is 0.525. The van der Waals surface area contributed by atoms with Gasteiger partial charge in [-0.15, -0.1) is 0 Å². The van der Waals surface area contributed by atoms with Crippen LogP contribution in [0.3, 0.4) is 0 Å². The summed E-state index contributed by atoms with van der Waals surface area (Å²) >= 11 is 0. The molecule has 0 radical (unpaired) electrons. The number of rotatable bonds is 9. The molecule has 0 spiro atoms. The van der Waals surface area contributed by atoms with Gasteiger partial charge in [-0.3, -0.25) is 0 Å². The van der Waals surface area contributed by atoms with Gasteiger partial charge in [0.1, 0.15) is 17.2 Å². The molecule has 1 N–H and O–H groups in total. The minimum Gasteiger partial charge on any atom is -0.467 e. The van der Waals surface area contributed by atoms with Crippen LogP contribution in [0.1, 0.15) is 113 Å². The van der Waals surface area contributed by atoms with Gasteiger partial charge in [-0.1, -0.05) is 97.1 Å². The van der Waals surface area contributed by atoms with E-state index in [4.69, 9.17) is 14.2 Å².